The molecule has 0 fully saturated rings. The van der Waals surface area contributed by atoms with Gasteiger partial charge in [-0.15, -0.1) is 0 Å². The van der Waals surface area contributed by atoms with Gasteiger partial charge in [-0.3, -0.25) is 4.79 Å². The monoisotopic (exact) mass is 400 g/mol. The van der Waals surface area contributed by atoms with Gasteiger partial charge in [-0.2, -0.15) is 0 Å². The van der Waals surface area contributed by atoms with Gasteiger partial charge in [0.2, 0.25) is 0 Å². The van der Waals surface area contributed by atoms with Gasteiger partial charge in [0.05, 0.1) is 13.2 Å². The summed E-state index contributed by atoms with van der Waals surface area (Å²) in [4.78, 5) is 15.2. The minimum Gasteiger partial charge on any atom is -0.493 e. The number of ether oxygens (including phenoxy) is 3. The number of anilines is 1. The fraction of sp³-hybridized carbons (Fsp3) is 0.435. The SMILES string of the molecule is CCOc1cccc(OCC)c1C(=O)Nc1ccc(OCCN(CC)CC)cc1. The summed E-state index contributed by atoms with van der Waals surface area (Å²) in [5, 5.41) is 2.91. The van der Waals surface area contributed by atoms with E-state index in [4.69, 9.17) is 14.2 Å². The molecule has 0 bridgehead atoms. The van der Waals surface area contributed by atoms with Gasteiger partial charge in [0.15, 0.2) is 0 Å². The fourth-order valence-electron chi connectivity index (χ4n) is 2.95. The van der Waals surface area contributed by atoms with Gasteiger partial charge in [-0.25, -0.2) is 0 Å². The Bertz CT molecular complexity index is 734. The first-order valence-electron chi connectivity index (χ1n) is 10.3. The molecule has 2 rings (SSSR count). The third-order valence-corrected chi connectivity index (χ3v) is 4.50. The lowest BCUT2D eigenvalue weighted by atomic mass is 10.1. The molecular weight excluding hydrogens is 368 g/mol. The van der Waals surface area contributed by atoms with Gasteiger partial charge in [0.1, 0.15) is 29.4 Å². The van der Waals surface area contributed by atoms with Crippen molar-refractivity contribution in [1.29, 1.82) is 0 Å². The minimum absolute atomic E-state index is 0.271. The Morgan fingerprint density at radius 3 is 1.97 bits per heavy atom. The molecule has 1 amide bonds. The molecule has 1 N–H and O–H groups in total. The number of carbonyl (C=O) groups excluding carboxylic acids is 1. The smallest absolute Gasteiger partial charge is 0.263 e. The zero-order chi connectivity index (χ0) is 21.1. The maximum Gasteiger partial charge on any atom is 0.263 e. The van der Waals surface area contributed by atoms with E-state index < -0.39 is 0 Å². The van der Waals surface area contributed by atoms with Gasteiger partial charge in [0.25, 0.3) is 5.91 Å². The van der Waals surface area contributed by atoms with Gasteiger partial charge in [0, 0.05) is 12.2 Å². The van der Waals surface area contributed by atoms with Crippen molar-refractivity contribution in [3.8, 4) is 17.2 Å². The number of hydrogen-bond acceptors (Lipinski definition) is 5. The molecule has 2 aromatic rings. The summed E-state index contributed by atoms with van der Waals surface area (Å²) >= 11 is 0. The molecule has 29 heavy (non-hydrogen) atoms. The number of likely N-dealkylation sites (N-methyl/N-ethyl adjacent to an activating group) is 1. The number of rotatable bonds is 12. The second kappa shape index (κ2) is 12.0. The quantitative estimate of drug-likeness (QED) is 0.570. The molecule has 0 spiro atoms. The van der Waals surface area contributed by atoms with Gasteiger partial charge < -0.3 is 24.4 Å². The maximum absolute atomic E-state index is 12.9. The van der Waals surface area contributed by atoms with Crippen LogP contribution in [0.2, 0.25) is 0 Å². The van der Waals surface area contributed by atoms with E-state index in [1.165, 1.54) is 0 Å². The average molecular weight is 401 g/mol. The number of carbonyl (C=O) groups is 1. The highest BCUT2D eigenvalue weighted by Crippen LogP contribution is 2.30. The van der Waals surface area contributed by atoms with Crippen molar-refractivity contribution in [3.05, 3.63) is 48.0 Å². The molecule has 6 heteroatoms. The molecule has 0 aliphatic carbocycles. The Morgan fingerprint density at radius 2 is 1.45 bits per heavy atom. The molecule has 0 unspecified atom stereocenters. The largest absolute Gasteiger partial charge is 0.493 e. The van der Waals surface area contributed by atoms with Crippen LogP contribution in [0.15, 0.2) is 42.5 Å². The van der Waals surface area contributed by atoms with Crippen LogP contribution in [0.25, 0.3) is 0 Å². The second-order valence-electron chi connectivity index (χ2n) is 6.35. The van der Waals surface area contributed by atoms with Gasteiger partial charge >= 0.3 is 0 Å². The summed E-state index contributed by atoms with van der Waals surface area (Å²) < 4.78 is 17.0. The van der Waals surface area contributed by atoms with Crippen LogP contribution < -0.4 is 19.5 Å². The zero-order valence-corrected chi connectivity index (χ0v) is 17.9. The van der Waals surface area contributed by atoms with Crippen LogP contribution in [0.4, 0.5) is 5.69 Å². The van der Waals surface area contributed by atoms with Crippen LogP contribution in [0.5, 0.6) is 17.2 Å². The lowest BCUT2D eigenvalue weighted by Crippen LogP contribution is -2.27. The van der Waals surface area contributed by atoms with Crippen molar-refractivity contribution < 1.29 is 19.0 Å². The summed E-state index contributed by atoms with van der Waals surface area (Å²) in [5.74, 6) is 1.52. The summed E-state index contributed by atoms with van der Waals surface area (Å²) in [5.41, 5.74) is 1.08. The molecule has 0 aromatic heterocycles. The van der Waals surface area contributed by atoms with Crippen molar-refractivity contribution in [3.63, 3.8) is 0 Å². The molecule has 0 saturated carbocycles. The van der Waals surface area contributed by atoms with Crippen LogP contribution in [0.1, 0.15) is 38.1 Å². The first kappa shape index (κ1) is 22.6. The van der Waals surface area contributed by atoms with E-state index in [0.717, 1.165) is 25.4 Å². The minimum atomic E-state index is -0.271. The van der Waals surface area contributed by atoms with Crippen molar-refractivity contribution in [2.24, 2.45) is 0 Å². The topological polar surface area (TPSA) is 60.0 Å². The van der Waals surface area contributed by atoms with E-state index in [9.17, 15) is 4.79 Å². The van der Waals surface area contributed by atoms with E-state index in [1.807, 2.05) is 44.2 Å². The fourth-order valence-corrected chi connectivity index (χ4v) is 2.95. The van der Waals surface area contributed by atoms with E-state index in [1.54, 1.807) is 12.1 Å². The van der Waals surface area contributed by atoms with E-state index >= 15 is 0 Å². The van der Waals surface area contributed by atoms with E-state index in [-0.39, 0.29) is 5.91 Å². The average Bonchev–Trinajstić information content (AvgIpc) is 2.73. The van der Waals surface area contributed by atoms with E-state index in [0.29, 0.717) is 42.6 Å². The summed E-state index contributed by atoms with van der Waals surface area (Å²) in [6.07, 6.45) is 0. The third kappa shape index (κ3) is 6.68. The number of nitrogens with one attached hydrogen (secondary N) is 1. The summed E-state index contributed by atoms with van der Waals surface area (Å²) in [6, 6.07) is 12.7. The number of nitrogens with zero attached hydrogens (tertiary/aromatic N) is 1. The van der Waals surface area contributed by atoms with Crippen molar-refractivity contribution in [2.75, 3.05) is 44.8 Å². The molecule has 0 heterocycles. The Morgan fingerprint density at radius 1 is 0.862 bits per heavy atom. The van der Waals surface area contributed by atoms with Crippen LogP contribution in [0.3, 0.4) is 0 Å². The van der Waals surface area contributed by atoms with Gasteiger partial charge in [-0.05, 0) is 63.3 Å². The first-order valence-corrected chi connectivity index (χ1v) is 10.3. The predicted octanol–water partition coefficient (Wildman–Crippen LogP) is 4.46. The van der Waals surface area contributed by atoms with E-state index in [2.05, 4.69) is 24.1 Å². The number of hydrogen-bond donors (Lipinski definition) is 1. The standard InChI is InChI=1S/C23H32N2O4/c1-5-25(6-2)16-17-29-19-14-12-18(13-15-19)24-23(26)22-20(27-7-3)10-9-11-21(22)28-8-4/h9-15H,5-8,16-17H2,1-4H3,(H,24,26). The number of amides is 1. The molecule has 2 aromatic carbocycles. The highest BCUT2D eigenvalue weighted by atomic mass is 16.5. The second-order valence-corrected chi connectivity index (χ2v) is 6.35. The van der Waals surface area contributed by atoms with Crippen LogP contribution in [-0.2, 0) is 0 Å². The molecule has 0 aliphatic heterocycles. The molecule has 0 radical (unpaired) electrons. The lowest BCUT2D eigenvalue weighted by molar-refractivity contribution is 0.101. The van der Waals surface area contributed by atoms with Crippen LogP contribution in [0, 0.1) is 0 Å². The van der Waals surface area contributed by atoms with Crippen molar-refractivity contribution >= 4 is 11.6 Å². The normalized spacial score (nSPS) is 10.7. The summed E-state index contributed by atoms with van der Waals surface area (Å²) in [7, 11) is 0. The Labute approximate surface area is 173 Å². The Balaban J connectivity index is 2.04. The molecular formula is C23H32N2O4. The molecule has 158 valence electrons. The lowest BCUT2D eigenvalue weighted by Gasteiger charge is -2.18. The first-order chi connectivity index (χ1) is 14.1. The Hall–Kier alpha value is -2.73. The van der Waals surface area contributed by atoms with Crippen LogP contribution in [-0.4, -0.2) is 50.3 Å². The zero-order valence-electron chi connectivity index (χ0n) is 17.9. The molecule has 0 aliphatic rings. The highest BCUT2D eigenvalue weighted by molar-refractivity contribution is 6.08. The molecule has 0 saturated heterocycles. The summed E-state index contributed by atoms with van der Waals surface area (Å²) in [6.45, 7) is 12.5. The highest BCUT2D eigenvalue weighted by Gasteiger charge is 2.19. The maximum atomic E-state index is 12.9. The number of benzene rings is 2. The predicted molar refractivity (Wildman–Crippen MR) is 116 cm³/mol. The van der Waals surface area contributed by atoms with Gasteiger partial charge in [-0.1, -0.05) is 19.9 Å². The van der Waals surface area contributed by atoms with Crippen molar-refractivity contribution in [1.82, 2.24) is 4.90 Å². The van der Waals surface area contributed by atoms with Crippen LogP contribution >= 0.6 is 0 Å². The van der Waals surface area contributed by atoms with Crippen molar-refractivity contribution in [2.45, 2.75) is 27.7 Å². The third-order valence-electron chi connectivity index (χ3n) is 4.50. The molecule has 0 atom stereocenters. The molecule has 6 nitrogen and oxygen atoms in total. The Kier molecular flexibility index (Phi) is 9.31.